The third-order valence-corrected chi connectivity index (χ3v) is 7.38. The summed E-state index contributed by atoms with van der Waals surface area (Å²) in [5.74, 6) is -1.91. The van der Waals surface area contributed by atoms with E-state index in [-0.39, 0.29) is 18.9 Å². The van der Waals surface area contributed by atoms with Crippen molar-refractivity contribution < 1.29 is 27.9 Å². The second-order valence-electron chi connectivity index (χ2n) is 9.11. The number of aryl methyl sites for hydroxylation is 2. The minimum Gasteiger partial charge on any atom is -0.481 e. The molecule has 5 nitrogen and oxygen atoms in total. The maximum absolute atomic E-state index is 13.3. The highest BCUT2D eigenvalue weighted by molar-refractivity contribution is 6.36. The Morgan fingerprint density at radius 1 is 1.22 bits per heavy atom. The second-order valence-corrected chi connectivity index (χ2v) is 9.90. The Labute approximate surface area is 217 Å². The van der Waals surface area contributed by atoms with Crippen molar-refractivity contribution in [1.29, 1.82) is 0 Å². The fourth-order valence-corrected chi connectivity index (χ4v) is 5.31. The fourth-order valence-electron chi connectivity index (χ4n) is 4.72. The number of carboxylic acid groups (broad SMARTS) is 1. The maximum Gasteiger partial charge on any atom is 0.416 e. The zero-order valence-corrected chi connectivity index (χ0v) is 21.6. The molecule has 3 aromatic rings. The lowest BCUT2D eigenvalue weighted by Crippen LogP contribution is -2.27. The largest absolute Gasteiger partial charge is 0.481 e. The average molecular weight is 543 g/mol. The smallest absolute Gasteiger partial charge is 0.416 e. The van der Waals surface area contributed by atoms with E-state index in [9.17, 15) is 27.9 Å². The van der Waals surface area contributed by atoms with Gasteiger partial charge in [-0.25, -0.2) is 0 Å². The predicted octanol–water partition coefficient (Wildman–Crippen LogP) is 6.42. The first-order valence-corrected chi connectivity index (χ1v) is 12.1. The van der Waals surface area contributed by atoms with Gasteiger partial charge in [-0.3, -0.25) is 9.59 Å². The van der Waals surface area contributed by atoms with Gasteiger partial charge in [0, 0.05) is 47.2 Å². The molecule has 0 aliphatic carbocycles. The summed E-state index contributed by atoms with van der Waals surface area (Å²) in [6.45, 7) is 3.71. The Kier molecular flexibility index (Phi) is 8.62. The van der Waals surface area contributed by atoms with Gasteiger partial charge in [0.15, 0.2) is 0 Å². The standard InChI is InChI=1S/C26H27Cl2F3N2O3/c1-14(19(25(35)36)6-7-32-13-34)8-16-4-5-21(27)20(24(16)28)10-17-12-33(3)22-11-18(26(29,30)31)9-15(2)23(17)22/h4-5,9,11-14,19H,6-8,10H2,1-3H3,(H,32,34)(H,35,36). The van der Waals surface area contributed by atoms with Crippen LogP contribution in [-0.2, 0) is 35.7 Å². The Morgan fingerprint density at radius 2 is 1.92 bits per heavy atom. The van der Waals surface area contributed by atoms with Crippen molar-refractivity contribution in [3.8, 4) is 0 Å². The van der Waals surface area contributed by atoms with E-state index in [1.807, 2.05) is 6.92 Å². The number of rotatable bonds is 10. The number of nitrogens with one attached hydrogen (secondary N) is 1. The van der Waals surface area contributed by atoms with Crippen molar-refractivity contribution >= 4 is 46.5 Å². The molecule has 0 saturated heterocycles. The molecule has 2 atom stereocenters. The number of aromatic nitrogens is 1. The number of halogens is 5. The van der Waals surface area contributed by atoms with Gasteiger partial charge in [0.2, 0.25) is 6.41 Å². The summed E-state index contributed by atoms with van der Waals surface area (Å²) in [7, 11) is 1.69. The molecule has 0 spiro atoms. The van der Waals surface area contributed by atoms with Gasteiger partial charge in [-0.2, -0.15) is 13.2 Å². The first kappa shape index (κ1) is 27.9. The summed E-state index contributed by atoms with van der Waals surface area (Å²) in [4.78, 5) is 22.3. The molecule has 2 aromatic carbocycles. The molecular weight excluding hydrogens is 516 g/mol. The molecule has 0 aliphatic heterocycles. The zero-order chi connectivity index (χ0) is 26.8. The number of amides is 1. The highest BCUT2D eigenvalue weighted by Crippen LogP contribution is 2.38. The second kappa shape index (κ2) is 11.1. The average Bonchev–Trinajstić information content (AvgIpc) is 3.11. The van der Waals surface area contributed by atoms with Crippen LogP contribution in [0.2, 0.25) is 10.0 Å². The van der Waals surface area contributed by atoms with Crippen LogP contribution in [-0.4, -0.2) is 28.6 Å². The maximum atomic E-state index is 13.3. The van der Waals surface area contributed by atoms with E-state index in [1.54, 1.807) is 36.9 Å². The Bertz CT molecular complexity index is 1290. The van der Waals surface area contributed by atoms with Crippen molar-refractivity contribution in [2.45, 2.75) is 39.3 Å². The Hall–Kier alpha value is -2.71. The van der Waals surface area contributed by atoms with E-state index in [0.717, 1.165) is 23.3 Å². The molecule has 1 amide bonds. The van der Waals surface area contributed by atoms with Crippen molar-refractivity contribution in [3.63, 3.8) is 0 Å². The van der Waals surface area contributed by atoms with Crippen molar-refractivity contribution in [1.82, 2.24) is 9.88 Å². The van der Waals surface area contributed by atoms with Gasteiger partial charge in [-0.1, -0.05) is 36.2 Å². The van der Waals surface area contributed by atoms with E-state index < -0.39 is 23.6 Å². The van der Waals surface area contributed by atoms with E-state index in [4.69, 9.17) is 23.2 Å². The summed E-state index contributed by atoms with van der Waals surface area (Å²) in [5, 5.41) is 13.7. The molecule has 0 radical (unpaired) electrons. The third-order valence-electron chi connectivity index (χ3n) is 6.55. The van der Waals surface area contributed by atoms with Crippen LogP contribution in [0.4, 0.5) is 13.2 Å². The molecule has 3 rings (SSSR count). The summed E-state index contributed by atoms with van der Waals surface area (Å²) in [6, 6.07) is 5.74. The number of nitrogens with zero attached hydrogens (tertiary/aromatic N) is 1. The van der Waals surface area contributed by atoms with E-state index in [1.165, 1.54) is 0 Å². The van der Waals surface area contributed by atoms with Gasteiger partial charge < -0.3 is 15.0 Å². The fraction of sp³-hybridized carbons (Fsp3) is 0.385. The van der Waals surface area contributed by atoms with Crippen molar-refractivity contribution in [2.75, 3.05) is 6.54 Å². The topological polar surface area (TPSA) is 71.3 Å². The molecule has 0 aliphatic rings. The zero-order valence-electron chi connectivity index (χ0n) is 20.0. The lowest BCUT2D eigenvalue weighted by atomic mass is 9.85. The minimum atomic E-state index is -4.45. The van der Waals surface area contributed by atoms with E-state index in [0.29, 0.717) is 51.3 Å². The Balaban J connectivity index is 1.95. The molecule has 0 bridgehead atoms. The SMILES string of the molecule is Cc1cc(C(F)(F)F)cc2c1c(Cc1c(Cl)ccc(CC(C)C(CCNC=O)C(=O)O)c1Cl)cn2C. The molecule has 1 aromatic heterocycles. The number of aliphatic carboxylic acids is 1. The molecule has 2 unspecified atom stereocenters. The molecular formula is C26H27Cl2F3N2O3. The summed E-state index contributed by atoms with van der Waals surface area (Å²) in [5.41, 5.74) is 2.40. The highest BCUT2D eigenvalue weighted by atomic mass is 35.5. The van der Waals surface area contributed by atoms with Crippen LogP contribution in [0.25, 0.3) is 10.9 Å². The van der Waals surface area contributed by atoms with Crippen LogP contribution in [0.1, 0.15) is 41.2 Å². The van der Waals surface area contributed by atoms with Crippen molar-refractivity contribution in [3.05, 3.63) is 68.3 Å². The number of carbonyl (C=O) groups is 2. The number of hydrogen-bond donors (Lipinski definition) is 2. The van der Waals surface area contributed by atoms with Crippen molar-refractivity contribution in [2.24, 2.45) is 18.9 Å². The molecule has 2 N–H and O–H groups in total. The number of carboxylic acids is 1. The predicted molar refractivity (Wildman–Crippen MR) is 135 cm³/mol. The number of fused-ring (bicyclic) bond motifs is 1. The van der Waals surface area contributed by atoms with Gasteiger partial charge in [-0.05, 0) is 66.1 Å². The van der Waals surface area contributed by atoms with Gasteiger partial charge in [0.1, 0.15) is 0 Å². The molecule has 0 saturated carbocycles. The van der Waals surface area contributed by atoms with Crippen LogP contribution < -0.4 is 5.32 Å². The molecule has 10 heteroatoms. The Morgan fingerprint density at radius 3 is 2.53 bits per heavy atom. The summed E-state index contributed by atoms with van der Waals surface area (Å²) >= 11 is 13.2. The quantitative estimate of drug-likeness (QED) is 0.229. The first-order chi connectivity index (χ1) is 16.8. The summed E-state index contributed by atoms with van der Waals surface area (Å²) < 4.78 is 41.6. The lowest BCUT2D eigenvalue weighted by Gasteiger charge is -2.21. The number of benzene rings is 2. The van der Waals surface area contributed by atoms with Gasteiger partial charge in [0.25, 0.3) is 0 Å². The van der Waals surface area contributed by atoms with Gasteiger partial charge in [0.05, 0.1) is 11.5 Å². The van der Waals surface area contributed by atoms with Crippen LogP contribution in [0.15, 0.2) is 30.5 Å². The van der Waals surface area contributed by atoms with Gasteiger partial charge >= 0.3 is 12.1 Å². The van der Waals surface area contributed by atoms with E-state index >= 15 is 0 Å². The number of carbonyl (C=O) groups excluding carboxylic acids is 1. The molecule has 1 heterocycles. The third kappa shape index (κ3) is 5.98. The van der Waals surface area contributed by atoms with Crippen LogP contribution in [0.3, 0.4) is 0 Å². The normalized spacial score (nSPS) is 13.6. The molecule has 36 heavy (non-hydrogen) atoms. The monoisotopic (exact) mass is 542 g/mol. The molecule has 194 valence electrons. The van der Waals surface area contributed by atoms with Gasteiger partial charge in [-0.15, -0.1) is 0 Å². The van der Waals surface area contributed by atoms with Crippen LogP contribution >= 0.6 is 23.2 Å². The number of alkyl halides is 3. The highest BCUT2D eigenvalue weighted by Gasteiger charge is 2.32. The first-order valence-electron chi connectivity index (χ1n) is 11.4. The summed E-state index contributed by atoms with van der Waals surface area (Å²) in [6.07, 6.45) is -1.18. The van der Waals surface area contributed by atoms with Crippen LogP contribution in [0.5, 0.6) is 0 Å². The minimum absolute atomic E-state index is 0.251. The van der Waals surface area contributed by atoms with E-state index in [2.05, 4.69) is 5.32 Å². The van der Waals surface area contributed by atoms with Crippen LogP contribution in [0, 0.1) is 18.8 Å². The molecule has 0 fully saturated rings. The lowest BCUT2D eigenvalue weighted by molar-refractivity contribution is -0.143. The number of hydrogen-bond acceptors (Lipinski definition) is 2.